The maximum Gasteiger partial charge on any atom is 0.255 e. The van der Waals surface area contributed by atoms with Gasteiger partial charge in [-0.1, -0.05) is 42.5 Å². The average molecular weight is 428 g/mol. The van der Waals surface area contributed by atoms with Crippen LogP contribution in [-0.2, 0) is 11.3 Å². The summed E-state index contributed by atoms with van der Waals surface area (Å²) in [5.41, 5.74) is 4.99. The lowest BCUT2D eigenvalue weighted by Gasteiger charge is -2.26. The number of nitrogens with zero attached hydrogens (tertiary/aromatic N) is 3. The Morgan fingerprint density at radius 1 is 1.03 bits per heavy atom. The van der Waals surface area contributed by atoms with E-state index in [1.54, 1.807) is 24.5 Å². The highest BCUT2D eigenvalue weighted by atomic mass is 16.5. The normalized spacial score (nSPS) is 14.4. The Morgan fingerprint density at radius 2 is 1.81 bits per heavy atom. The molecule has 2 aromatic carbocycles. The van der Waals surface area contributed by atoms with Gasteiger partial charge >= 0.3 is 0 Å². The number of H-pyrrole nitrogens is 2. The third kappa shape index (κ3) is 4.46. The summed E-state index contributed by atoms with van der Waals surface area (Å²) in [7, 11) is 0. The molecule has 0 radical (unpaired) electrons. The Balaban J connectivity index is 1.29. The van der Waals surface area contributed by atoms with E-state index in [2.05, 4.69) is 54.6 Å². The minimum absolute atomic E-state index is 0.198. The molecule has 0 aliphatic carbocycles. The third-order valence-electron chi connectivity index (χ3n) is 5.51. The van der Waals surface area contributed by atoms with E-state index >= 15 is 0 Å². The Bertz CT molecular complexity index is 1180. The zero-order valence-electron chi connectivity index (χ0n) is 17.5. The summed E-state index contributed by atoms with van der Waals surface area (Å²) < 4.78 is 5.42. The summed E-state index contributed by atoms with van der Waals surface area (Å²) in [4.78, 5) is 22.7. The number of aromatic amines is 2. The fraction of sp³-hybridized carbons (Fsp3) is 0.208. The van der Waals surface area contributed by atoms with Crippen LogP contribution in [-0.4, -0.2) is 57.3 Å². The molecule has 3 N–H and O–H groups in total. The van der Waals surface area contributed by atoms with Gasteiger partial charge in [0.1, 0.15) is 5.69 Å². The molecular formula is C24H24N6O2. The molecule has 0 bridgehead atoms. The van der Waals surface area contributed by atoms with Crippen LogP contribution >= 0.6 is 0 Å². The number of ether oxygens (including phenoxy) is 1. The number of nitrogens with one attached hydrogen (secondary N) is 3. The molecule has 0 spiro atoms. The van der Waals surface area contributed by atoms with Gasteiger partial charge in [0.05, 0.1) is 37.0 Å². The first kappa shape index (κ1) is 20.2. The number of morpholine rings is 1. The van der Waals surface area contributed by atoms with Crippen LogP contribution in [0.2, 0.25) is 0 Å². The Morgan fingerprint density at radius 3 is 2.59 bits per heavy atom. The van der Waals surface area contributed by atoms with Gasteiger partial charge in [0.2, 0.25) is 0 Å². The van der Waals surface area contributed by atoms with Crippen molar-refractivity contribution in [3.8, 4) is 22.8 Å². The summed E-state index contributed by atoms with van der Waals surface area (Å²) in [5, 5.41) is 9.90. The predicted molar refractivity (Wildman–Crippen MR) is 122 cm³/mol. The van der Waals surface area contributed by atoms with Crippen LogP contribution in [0.1, 0.15) is 15.9 Å². The standard InChI is InChI=1S/C24H24N6O2/c31-24(19-4-2-1-3-5-19)28-21-15-26-29-22(21)23-25-14-20(27-23)18-8-6-17(7-9-18)16-30-10-12-32-13-11-30/h1-9,14-15H,10-13,16H2,(H,25,27)(H,26,29)(H,28,31). The predicted octanol–water partition coefficient (Wildman–Crippen LogP) is 3.55. The van der Waals surface area contributed by atoms with Crippen molar-refractivity contribution in [3.05, 3.63) is 78.1 Å². The average Bonchev–Trinajstić information content (AvgIpc) is 3.50. The van der Waals surface area contributed by atoms with Gasteiger partial charge in [-0.2, -0.15) is 5.10 Å². The van der Waals surface area contributed by atoms with Crippen molar-refractivity contribution >= 4 is 11.6 Å². The maximum absolute atomic E-state index is 12.5. The molecule has 3 heterocycles. The second-order valence-corrected chi connectivity index (χ2v) is 7.71. The quantitative estimate of drug-likeness (QED) is 0.436. The smallest absolute Gasteiger partial charge is 0.255 e. The number of imidazole rings is 1. The molecule has 2 aromatic heterocycles. The molecule has 1 fully saturated rings. The maximum atomic E-state index is 12.5. The molecule has 8 nitrogen and oxygen atoms in total. The van der Waals surface area contributed by atoms with Gasteiger partial charge in [0.25, 0.3) is 5.91 Å². The molecule has 4 aromatic rings. The summed E-state index contributed by atoms with van der Waals surface area (Å²) in [6, 6.07) is 17.5. The van der Waals surface area contributed by atoms with E-state index in [0.29, 0.717) is 22.8 Å². The van der Waals surface area contributed by atoms with Crippen LogP contribution in [0.5, 0.6) is 0 Å². The molecule has 1 saturated heterocycles. The lowest BCUT2D eigenvalue weighted by molar-refractivity contribution is 0.0342. The van der Waals surface area contributed by atoms with E-state index in [1.165, 1.54) is 5.56 Å². The second kappa shape index (κ2) is 9.17. The van der Waals surface area contributed by atoms with Gasteiger partial charge in [0.15, 0.2) is 5.82 Å². The number of carbonyl (C=O) groups excluding carboxylic acids is 1. The van der Waals surface area contributed by atoms with Crippen LogP contribution < -0.4 is 5.32 Å². The van der Waals surface area contributed by atoms with Crippen LogP contribution in [0.3, 0.4) is 0 Å². The molecule has 1 aliphatic heterocycles. The van der Waals surface area contributed by atoms with Gasteiger partial charge in [0, 0.05) is 25.2 Å². The first-order valence-electron chi connectivity index (χ1n) is 10.6. The zero-order chi connectivity index (χ0) is 21.8. The lowest BCUT2D eigenvalue weighted by atomic mass is 10.1. The van der Waals surface area contributed by atoms with Crippen molar-refractivity contribution in [1.29, 1.82) is 0 Å². The van der Waals surface area contributed by atoms with Crippen molar-refractivity contribution in [2.24, 2.45) is 0 Å². The summed E-state index contributed by atoms with van der Waals surface area (Å²) in [6.07, 6.45) is 3.37. The fourth-order valence-corrected chi connectivity index (χ4v) is 3.75. The zero-order valence-corrected chi connectivity index (χ0v) is 17.5. The van der Waals surface area contributed by atoms with E-state index in [-0.39, 0.29) is 5.91 Å². The Labute approximate surface area is 185 Å². The number of hydrogen-bond donors (Lipinski definition) is 3. The first-order valence-corrected chi connectivity index (χ1v) is 10.6. The van der Waals surface area contributed by atoms with Crippen molar-refractivity contribution < 1.29 is 9.53 Å². The van der Waals surface area contributed by atoms with Crippen LogP contribution in [0.4, 0.5) is 5.69 Å². The van der Waals surface area contributed by atoms with Crippen LogP contribution in [0.15, 0.2) is 67.0 Å². The number of amides is 1. The number of rotatable bonds is 6. The van der Waals surface area contributed by atoms with Gasteiger partial charge < -0.3 is 15.0 Å². The minimum Gasteiger partial charge on any atom is -0.379 e. The van der Waals surface area contributed by atoms with E-state index in [4.69, 9.17) is 4.74 Å². The second-order valence-electron chi connectivity index (χ2n) is 7.71. The highest BCUT2D eigenvalue weighted by Crippen LogP contribution is 2.26. The lowest BCUT2D eigenvalue weighted by Crippen LogP contribution is -2.35. The van der Waals surface area contributed by atoms with Gasteiger partial charge in [-0.25, -0.2) is 4.98 Å². The molecule has 162 valence electrons. The van der Waals surface area contributed by atoms with E-state index in [9.17, 15) is 4.79 Å². The first-order chi connectivity index (χ1) is 15.8. The molecule has 32 heavy (non-hydrogen) atoms. The van der Waals surface area contributed by atoms with Gasteiger partial charge in [-0.15, -0.1) is 0 Å². The molecule has 1 aliphatic rings. The van der Waals surface area contributed by atoms with Crippen molar-refractivity contribution in [3.63, 3.8) is 0 Å². The van der Waals surface area contributed by atoms with E-state index < -0.39 is 0 Å². The Kier molecular flexibility index (Phi) is 5.78. The molecule has 1 amide bonds. The topological polar surface area (TPSA) is 98.9 Å². The SMILES string of the molecule is O=C(Nc1cn[nH]c1-c1ncc(-c2ccc(CN3CCOCC3)cc2)[nH]1)c1ccccc1. The number of carbonyl (C=O) groups is 1. The fourth-order valence-electron chi connectivity index (χ4n) is 3.75. The van der Waals surface area contributed by atoms with Gasteiger partial charge in [-0.05, 0) is 23.3 Å². The van der Waals surface area contributed by atoms with Gasteiger partial charge in [-0.3, -0.25) is 14.8 Å². The third-order valence-corrected chi connectivity index (χ3v) is 5.51. The molecule has 0 saturated carbocycles. The minimum atomic E-state index is -0.198. The van der Waals surface area contributed by atoms with Crippen molar-refractivity contribution in [2.75, 3.05) is 31.6 Å². The highest BCUT2D eigenvalue weighted by Gasteiger charge is 2.15. The number of hydrogen-bond acceptors (Lipinski definition) is 5. The van der Waals surface area contributed by atoms with Crippen molar-refractivity contribution in [1.82, 2.24) is 25.1 Å². The highest BCUT2D eigenvalue weighted by molar-refractivity contribution is 6.05. The molecule has 8 heteroatoms. The molecule has 0 atom stereocenters. The summed E-state index contributed by atoms with van der Waals surface area (Å²) in [5.74, 6) is 0.411. The monoisotopic (exact) mass is 428 g/mol. The Hall–Kier alpha value is -3.75. The number of anilines is 1. The van der Waals surface area contributed by atoms with Crippen molar-refractivity contribution in [2.45, 2.75) is 6.54 Å². The molecule has 0 unspecified atom stereocenters. The molecule has 5 rings (SSSR count). The summed E-state index contributed by atoms with van der Waals surface area (Å²) >= 11 is 0. The van der Waals surface area contributed by atoms with E-state index in [1.807, 2.05) is 18.2 Å². The number of aromatic nitrogens is 4. The summed E-state index contributed by atoms with van der Waals surface area (Å²) in [6.45, 7) is 4.47. The number of benzene rings is 2. The van der Waals surface area contributed by atoms with Crippen LogP contribution in [0, 0.1) is 0 Å². The molecular weight excluding hydrogens is 404 g/mol. The van der Waals surface area contributed by atoms with E-state index in [0.717, 1.165) is 44.1 Å². The largest absolute Gasteiger partial charge is 0.379 e. The van der Waals surface area contributed by atoms with Crippen LogP contribution in [0.25, 0.3) is 22.8 Å².